The Kier molecular flexibility index (Phi) is 4.51. The maximum atomic E-state index is 12.6. The second-order valence-electron chi connectivity index (χ2n) is 7.46. The van der Waals surface area contributed by atoms with Crippen LogP contribution in [-0.2, 0) is 17.7 Å². The van der Waals surface area contributed by atoms with Gasteiger partial charge in [0.25, 0.3) is 5.91 Å². The second kappa shape index (κ2) is 6.45. The average Bonchev–Trinajstić information content (AvgIpc) is 2.96. The topological polar surface area (TPSA) is 67.7 Å². The van der Waals surface area contributed by atoms with Crippen LogP contribution in [0.25, 0.3) is 0 Å². The van der Waals surface area contributed by atoms with Crippen LogP contribution in [0.4, 0.5) is 4.79 Å². The van der Waals surface area contributed by atoms with Gasteiger partial charge in [-0.2, -0.15) is 5.10 Å². The molecule has 132 valence electrons. The van der Waals surface area contributed by atoms with Gasteiger partial charge in [-0.05, 0) is 46.1 Å². The summed E-state index contributed by atoms with van der Waals surface area (Å²) in [6.45, 7) is 8.47. The summed E-state index contributed by atoms with van der Waals surface area (Å²) in [5, 5.41) is 4.45. The summed E-state index contributed by atoms with van der Waals surface area (Å²) in [4.78, 5) is 28.1. The normalized spacial score (nSPS) is 18.3. The Balaban J connectivity index is 1.57. The molecule has 2 aliphatic rings. The highest BCUT2D eigenvalue weighted by Crippen LogP contribution is 2.17. The number of carbonyl (C=O) groups excluding carboxylic acids is 2. The van der Waals surface area contributed by atoms with Crippen molar-refractivity contribution < 1.29 is 14.3 Å². The number of fused-ring (bicyclic) bond motifs is 1. The third kappa shape index (κ3) is 3.71. The number of hydrogen-bond acceptors (Lipinski definition) is 4. The van der Waals surface area contributed by atoms with Crippen LogP contribution in [0, 0.1) is 0 Å². The molecule has 0 bridgehead atoms. The SMILES string of the molecule is CC(C)(C)OC(=O)N1CCN(C(=O)c2cc3n(n2)CCCC3)CC1. The maximum Gasteiger partial charge on any atom is 0.410 e. The number of carbonyl (C=O) groups is 2. The number of aromatic nitrogens is 2. The smallest absolute Gasteiger partial charge is 0.410 e. The van der Waals surface area contributed by atoms with E-state index in [1.165, 1.54) is 0 Å². The van der Waals surface area contributed by atoms with Crippen LogP contribution in [0.2, 0.25) is 0 Å². The Morgan fingerprint density at radius 2 is 1.71 bits per heavy atom. The quantitative estimate of drug-likeness (QED) is 0.787. The summed E-state index contributed by atoms with van der Waals surface area (Å²) in [6, 6.07) is 1.92. The molecule has 2 aliphatic heterocycles. The first-order chi connectivity index (χ1) is 11.3. The molecule has 0 aliphatic carbocycles. The van der Waals surface area contributed by atoms with Crippen LogP contribution in [0.15, 0.2) is 6.07 Å². The van der Waals surface area contributed by atoms with Crippen molar-refractivity contribution in [1.29, 1.82) is 0 Å². The third-order valence-electron chi connectivity index (χ3n) is 4.35. The van der Waals surface area contributed by atoms with Gasteiger partial charge in [0.05, 0.1) is 0 Å². The molecule has 2 amide bonds. The van der Waals surface area contributed by atoms with Crippen LogP contribution in [0.1, 0.15) is 49.8 Å². The largest absolute Gasteiger partial charge is 0.444 e. The van der Waals surface area contributed by atoms with Crippen molar-refractivity contribution >= 4 is 12.0 Å². The minimum absolute atomic E-state index is 0.0410. The maximum absolute atomic E-state index is 12.6. The molecule has 0 N–H and O–H groups in total. The molecule has 7 heteroatoms. The number of piperazine rings is 1. The number of aryl methyl sites for hydroxylation is 2. The van der Waals surface area contributed by atoms with E-state index in [1.807, 2.05) is 31.5 Å². The molecule has 1 fully saturated rings. The van der Waals surface area contributed by atoms with Crippen LogP contribution in [-0.4, -0.2) is 63.4 Å². The van der Waals surface area contributed by atoms with Crippen molar-refractivity contribution in [3.8, 4) is 0 Å². The van der Waals surface area contributed by atoms with Crippen molar-refractivity contribution in [1.82, 2.24) is 19.6 Å². The number of rotatable bonds is 1. The van der Waals surface area contributed by atoms with Crippen LogP contribution in [0.5, 0.6) is 0 Å². The Bertz CT molecular complexity index is 601. The minimum Gasteiger partial charge on any atom is -0.444 e. The predicted molar refractivity (Wildman–Crippen MR) is 88.9 cm³/mol. The summed E-state index contributed by atoms with van der Waals surface area (Å²) in [5.41, 5.74) is 1.18. The van der Waals surface area contributed by atoms with Gasteiger partial charge in [-0.3, -0.25) is 9.48 Å². The first-order valence-electron chi connectivity index (χ1n) is 8.67. The van der Waals surface area contributed by atoms with Crippen molar-refractivity contribution in [2.45, 2.75) is 52.2 Å². The minimum atomic E-state index is -0.500. The van der Waals surface area contributed by atoms with Gasteiger partial charge in [0.15, 0.2) is 5.69 Å². The zero-order valence-electron chi connectivity index (χ0n) is 14.7. The standard InChI is InChI=1S/C17H26N4O3/c1-17(2,3)24-16(23)20-10-8-19(9-11-20)15(22)14-12-13-6-4-5-7-21(13)18-14/h12H,4-11H2,1-3H3. The van der Waals surface area contributed by atoms with E-state index in [0.29, 0.717) is 31.9 Å². The van der Waals surface area contributed by atoms with E-state index in [2.05, 4.69) is 5.10 Å². The third-order valence-corrected chi connectivity index (χ3v) is 4.35. The lowest BCUT2D eigenvalue weighted by Crippen LogP contribution is -2.51. The molecule has 0 spiro atoms. The average molecular weight is 334 g/mol. The van der Waals surface area contributed by atoms with Crippen molar-refractivity contribution in [2.75, 3.05) is 26.2 Å². The zero-order valence-corrected chi connectivity index (χ0v) is 14.7. The molecule has 3 heterocycles. The molecule has 0 aromatic carbocycles. The van der Waals surface area contributed by atoms with Crippen LogP contribution < -0.4 is 0 Å². The predicted octanol–water partition coefficient (Wildman–Crippen LogP) is 1.91. The molecule has 0 saturated carbocycles. The molecular formula is C17H26N4O3. The summed E-state index contributed by atoms with van der Waals surface area (Å²) in [6.07, 6.45) is 2.96. The van der Waals surface area contributed by atoms with E-state index in [9.17, 15) is 9.59 Å². The van der Waals surface area contributed by atoms with E-state index in [-0.39, 0.29) is 12.0 Å². The van der Waals surface area contributed by atoms with Gasteiger partial charge in [0, 0.05) is 38.4 Å². The van der Waals surface area contributed by atoms with Gasteiger partial charge >= 0.3 is 6.09 Å². The summed E-state index contributed by atoms with van der Waals surface area (Å²) in [5.74, 6) is -0.0410. The fourth-order valence-electron chi connectivity index (χ4n) is 3.10. The fourth-order valence-corrected chi connectivity index (χ4v) is 3.10. The Morgan fingerprint density at radius 1 is 1.04 bits per heavy atom. The molecule has 0 unspecified atom stereocenters. The number of nitrogens with zero attached hydrogens (tertiary/aromatic N) is 4. The molecule has 3 rings (SSSR count). The number of ether oxygens (including phenoxy) is 1. The van der Waals surface area contributed by atoms with Crippen LogP contribution in [0.3, 0.4) is 0 Å². The zero-order chi connectivity index (χ0) is 17.3. The molecule has 7 nitrogen and oxygen atoms in total. The van der Waals surface area contributed by atoms with Gasteiger partial charge in [0.2, 0.25) is 0 Å². The van der Waals surface area contributed by atoms with Gasteiger partial charge in [0.1, 0.15) is 5.60 Å². The highest BCUT2D eigenvalue weighted by Gasteiger charge is 2.29. The van der Waals surface area contributed by atoms with E-state index in [1.54, 1.807) is 9.80 Å². The van der Waals surface area contributed by atoms with Gasteiger partial charge < -0.3 is 14.5 Å². The first kappa shape index (κ1) is 16.8. The van der Waals surface area contributed by atoms with Crippen LogP contribution >= 0.6 is 0 Å². The monoisotopic (exact) mass is 334 g/mol. The van der Waals surface area contributed by atoms with E-state index >= 15 is 0 Å². The highest BCUT2D eigenvalue weighted by atomic mass is 16.6. The lowest BCUT2D eigenvalue weighted by Gasteiger charge is -2.35. The highest BCUT2D eigenvalue weighted by molar-refractivity contribution is 5.92. The molecule has 1 aromatic rings. The first-order valence-corrected chi connectivity index (χ1v) is 8.67. The van der Waals surface area contributed by atoms with Gasteiger partial charge in [-0.1, -0.05) is 0 Å². The summed E-state index contributed by atoms with van der Waals surface area (Å²) >= 11 is 0. The molecular weight excluding hydrogens is 308 g/mol. The van der Waals surface area contributed by atoms with E-state index < -0.39 is 5.60 Å². The van der Waals surface area contributed by atoms with E-state index in [0.717, 1.165) is 31.5 Å². The molecule has 1 saturated heterocycles. The van der Waals surface area contributed by atoms with Gasteiger partial charge in [-0.25, -0.2) is 4.79 Å². The summed E-state index contributed by atoms with van der Waals surface area (Å²) < 4.78 is 7.33. The van der Waals surface area contributed by atoms with Crippen molar-refractivity contribution in [3.05, 3.63) is 17.5 Å². The second-order valence-corrected chi connectivity index (χ2v) is 7.46. The number of amides is 2. The molecule has 0 radical (unpaired) electrons. The lowest BCUT2D eigenvalue weighted by molar-refractivity contribution is 0.0140. The van der Waals surface area contributed by atoms with Crippen molar-refractivity contribution in [3.63, 3.8) is 0 Å². The number of hydrogen-bond donors (Lipinski definition) is 0. The van der Waals surface area contributed by atoms with Gasteiger partial charge in [-0.15, -0.1) is 0 Å². The molecule has 1 aromatic heterocycles. The Labute approximate surface area is 142 Å². The Morgan fingerprint density at radius 3 is 2.33 bits per heavy atom. The molecule has 0 atom stereocenters. The fraction of sp³-hybridized carbons (Fsp3) is 0.706. The van der Waals surface area contributed by atoms with Crippen molar-refractivity contribution in [2.24, 2.45) is 0 Å². The molecule has 24 heavy (non-hydrogen) atoms. The lowest BCUT2D eigenvalue weighted by atomic mass is 10.1. The van der Waals surface area contributed by atoms with E-state index in [4.69, 9.17) is 4.74 Å². The summed E-state index contributed by atoms with van der Waals surface area (Å²) in [7, 11) is 0. The Hall–Kier alpha value is -2.05.